The lowest BCUT2D eigenvalue weighted by Gasteiger charge is -2.26. The number of nitrogens with zero attached hydrogens (tertiary/aromatic N) is 3. The molecular formula is C21H29N3O2S. The van der Waals surface area contributed by atoms with Gasteiger partial charge in [0.2, 0.25) is 0 Å². The molecule has 0 radical (unpaired) electrons. The summed E-state index contributed by atoms with van der Waals surface area (Å²) in [5.74, 6) is 0.273. The zero-order chi connectivity index (χ0) is 19.2. The molecule has 2 aliphatic rings. The van der Waals surface area contributed by atoms with Gasteiger partial charge in [0.15, 0.2) is 0 Å². The Balaban J connectivity index is 1.81. The van der Waals surface area contributed by atoms with E-state index in [1.165, 1.54) is 0 Å². The van der Waals surface area contributed by atoms with Crippen LogP contribution in [-0.2, 0) is 10.0 Å². The van der Waals surface area contributed by atoms with Crippen molar-refractivity contribution in [2.45, 2.75) is 32.1 Å². The minimum Gasteiger partial charge on any atom is -0.370 e. The molecule has 1 saturated heterocycles. The van der Waals surface area contributed by atoms with Crippen molar-refractivity contribution in [2.75, 3.05) is 48.5 Å². The molecule has 2 aromatic carbocycles. The quantitative estimate of drug-likeness (QED) is 0.805. The van der Waals surface area contributed by atoms with Crippen LogP contribution in [0.4, 0.5) is 11.4 Å². The van der Waals surface area contributed by atoms with Crippen LogP contribution in [0.25, 0.3) is 10.8 Å². The van der Waals surface area contributed by atoms with Crippen LogP contribution in [0.2, 0.25) is 0 Å². The summed E-state index contributed by atoms with van der Waals surface area (Å²) in [5.41, 5.74) is 2.00. The Labute approximate surface area is 162 Å². The monoisotopic (exact) mass is 387 g/mol. The summed E-state index contributed by atoms with van der Waals surface area (Å²) < 4.78 is 27.9. The summed E-state index contributed by atoms with van der Waals surface area (Å²) in [6, 6.07) is 9.85. The van der Waals surface area contributed by atoms with E-state index in [0.717, 1.165) is 61.3 Å². The molecule has 1 fully saturated rings. The average Bonchev–Trinajstić information content (AvgIpc) is 2.82. The van der Waals surface area contributed by atoms with Crippen LogP contribution >= 0.6 is 0 Å². The Morgan fingerprint density at radius 1 is 1.00 bits per heavy atom. The number of benzene rings is 2. The minimum absolute atomic E-state index is 0.273. The number of sulfonamides is 1. The van der Waals surface area contributed by atoms with Crippen LogP contribution in [-0.4, -0.2) is 52.6 Å². The first-order valence-electron chi connectivity index (χ1n) is 9.99. The van der Waals surface area contributed by atoms with Crippen molar-refractivity contribution in [1.29, 1.82) is 0 Å². The van der Waals surface area contributed by atoms with E-state index in [4.69, 9.17) is 0 Å². The van der Waals surface area contributed by atoms with E-state index in [9.17, 15) is 8.42 Å². The fourth-order valence-corrected chi connectivity index (χ4v) is 6.21. The van der Waals surface area contributed by atoms with Crippen LogP contribution in [0, 0.1) is 5.92 Å². The molecule has 2 aliphatic heterocycles. The molecule has 0 N–H and O–H groups in total. The van der Waals surface area contributed by atoms with E-state index < -0.39 is 10.0 Å². The van der Waals surface area contributed by atoms with Crippen LogP contribution in [0.5, 0.6) is 0 Å². The van der Waals surface area contributed by atoms with Gasteiger partial charge in [-0.25, -0.2) is 8.42 Å². The van der Waals surface area contributed by atoms with Gasteiger partial charge in [-0.2, -0.15) is 0 Å². The lowest BCUT2D eigenvalue weighted by Crippen LogP contribution is -2.31. The number of hydrogen-bond donors (Lipinski definition) is 0. The summed E-state index contributed by atoms with van der Waals surface area (Å²) in [6.45, 7) is 12.1. The maximum Gasteiger partial charge on any atom is 0.265 e. The molecule has 5 nitrogen and oxygen atoms in total. The summed E-state index contributed by atoms with van der Waals surface area (Å²) in [5, 5.41) is 1.96. The van der Waals surface area contributed by atoms with Gasteiger partial charge >= 0.3 is 0 Å². The van der Waals surface area contributed by atoms with Crippen molar-refractivity contribution in [3.05, 3.63) is 30.3 Å². The fourth-order valence-electron chi connectivity index (χ4n) is 4.34. The van der Waals surface area contributed by atoms with E-state index in [0.29, 0.717) is 11.4 Å². The molecule has 0 aromatic heterocycles. The Morgan fingerprint density at radius 3 is 2.52 bits per heavy atom. The van der Waals surface area contributed by atoms with Crippen LogP contribution in [0.3, 0.4) is 0 Å². The second-order valence-electron chi connectivity index (χ2n) is 7.99. The molecule has 0 atom stereocenters. The predicted molar refractivity (Wildman–Crippen MR) is 112 cm³/mol. The van der Waals surface area contributed by atoms with Gasteiger partial charge < -0.3 is 9.80 Å². The minimum atomic E-state index is -3.45. The van der Waals surface area contributed by atoms with Crippen molar-refractivity contribution in [2.24, 2.45) is 5.92 Å². The molecule has 0 aliphatic carbocycles. The molecule has 4 rings (SSSR count). The number of anilines is 2. The van der Waals surface area contributed by atoms with E-state index in [2.05, 4.69) is 42.7 Å². The topological polar surface area (TPSA) is 43.9 Å². The molecule has 0 amide bonds. The van der Waals surface area contributed by atoms with Gasteiger partial charge in [0, 0.05) is 42.6 Å². The zero-order valence-corrected chi connectivity index (χ0v) is 17.3. The molecule has 0 bridgehead atoms. The first-order chi connectivity index (χ1) is 12.9. The molecule has 2 heterocycles. The third-order valence-corrected chi connectivity index (χ3v) is 7.52. The van der Waals surface area contributed by atoms with Gasteiger partial charge in [0.25, 0.3) is 10.0 Å². The molecule has 6 heteroatoms. The van der Waals surface area contributed by atoms with Gasteiger partial charge in [-0.3, -0.25) is 4.31 Å². The summed E-state index contributed by atoms with van der Waals surface area (Å²) in [7, 11) is -3.45. The number of likely N-dealkylation sites (N-methyl/N-ethyl adjacent to an activating group) is 1. The van der Waals surface area contributed by atoms with E-state index in [1.807, 2.05) is 12.1 Å². The lowest BCUT2D eigenvalue weighted by atomic mass is 10.0. The fraction of sp³-hybridized carbons (Fsp3) is 0.524. The average molecular weight is 388 g/mol. The lowest BCUT2D eigenvalue weighted by molar-refractivity contribution is 0.310. The normalized spacial score (nSPS) is 19.9. The third-order valence-electron chi connectivity index (χ3n) is 5.70. The van der Waals surface area contributed by atoms with Gasteiger partial charge in [0.05, 0.1) is 10.6 Å². The third kappa shape index (κ3) is 3.09. The van der Waals surface area contributed by atoms with Crippen molar-refractivity contribution >= 4 is 32.2 Å². The zero-order valence-electron chi connectivity index (χ0n) is 16.5. The van der Waals surface area contributed by atoms with E-state index in [1.54, 1.807) is 10.4 Å². The summed E-state index contributed by atoms with van der Waals surface area (Å²) in [6.07, 6.45) is 1.13. The van der Waals surface area contributed by atoms with E-state index >= 15 is 0 Å². The number of hydrogen-bond acceptors (Lipinski definition) is 4. The SMILES string of the molecule is CCN1CCCN(c2ccc3c4c(cccc24)S(=O)(=O)N3CC(C)C)CC1. The van der Waals surface area contributed by atoms with Gasteiger partial charge in [-0.1, -0.05) is 32.9 Å². The maximum absolute atomic E-state index is 13.1. The Kier molecular flexibility index (Phi) is 4.80. The Bertz CT molecular complexity index is 955. The molecule has 2 aromatic rings. The standard InChI is InChI=1S/C21H29N3O2S/c1-4-22-11-6-12-23(14-13-22)18-9-10-19-21-17(18)7-5-8-20(21)27(25,26)24(19)15-16(2)3/h5,7-10,16H,4,6,11-15H2,1-3H3. The molecule has 0 saturated carbocycles. The Morgan fingerprint density at radius 2 is 1.78 bits per heavy atom. The molecule has 27 heavy (non-hydrogen) atoms. The smallest absolute Gasteiger partial charge is 0.265 e. The van der Waals surface area contributed by atoms with Crippen molar-refractivity contribution < 1.29 is 8.42 Å². The molecule has 0 unspecified atom stereocenters. The van der Waals surface area contributed by atoms with Crippen LogP contribution in [0.1, 0.15) is 27.2 Å². The maximum atomic E-state index is 13.1. The van der Waals surface area contributed by atoms with Crippen LogP contribution in [0.15, 0.2) is 35.2 Å². The van der Waals surface area contributed by atoms with Crippen molar-refractivity contribution in [1.82, 2.24) is 4.90 Å². The van der Waals surface area contributed by atoms with Gasteiger partial charge in [-0.05, 0) is 43.6 Å². The molecule has 0 spiro atoms. The van der Waals surface area contributed by atoms with Crippen LogP contribution < -0.4 is 9.21 Å². The van der Waals surface area contributed by atoms with E-state index in [-0.39, 0.29) is 5.92 Å². The Hall–Kier alpha value is -1.79. The largest absolute Gasteiger partial charge is 0.370 e. The van der Waals surface area contributed by atoms with Crippen molar-refractivity contribution in [3.63, 3.8) is 0 Å². The first kappa shape index (κ1) is 18.6. The first-order valence-corrected chi connectivity index (χ1v) is 11.4. The highest BCUT2D eigenvalue weighted by atomic mass is 32.2. The summed E-state index contributed by atoms with van der Waals surface area (Å²) in [4.78, 5) is 5.37. The molecule has 146 valence electrons. The van der Waals surface area contributed by atoms with Gasteiger partial charge in [0.1, 0.15) is 0 Å². The highest BCUT2D eigenvalue weighted by molar-refractivity contribution is 7.93. The second kappa shape index (κ2) is 6.99. The highest BCUT2D eigenvalue weighted by Gasteiger charge is 2.36. The number of rotatable bonds is 4. The van der Waals surface area contributed by atoms with Gasteiger partial charge in [-0.15, -0.1) is 0 Å². The highest BCUT2D eigenvalue weighted by Crippen LogP contribution is 2.45. The predicted octanol–water partition coefficient (Wildman–Crippen LogP) is 3.54. The molecular weight excluding hydrogens is 358 g/mol. The second-order valence-corrected chi connectivity index (χ2v) is 9.82. The summed E-state index contributed by atoms with van der Waals surface area (Å²) >= 11 is 0. The van der Waals surface area contributed by atoms with Crippen molar-refractivity contribution in [3.8, 4) is 0 Å².